The zero-order valence-corrected chi connectivity index (χ0v) is 15.6. The second-order valence-electron chi connectivity index (χ2n) is 4.89. The van der Waals surface area contributed by atoms with Crippen molar-refractivity contribution in [3.05, 3.63) is 47.8 Å². The fraction of sp³-hybridized carbons (Fsp3) is 0.400. The van der Waals surface area contributed by atoms with Gasteiger partial charge in [-0.1, -0.05) is 23.4 Å². The number of nitrogens with one attached hydrogen (secondary N) is 1. The highest BCUT2D eigenvalue weighted by Crippen LogP contribution is 2.57. The number of halogens is 1. The lowest BCUT2D eigenvalue weighted by Gasteiger charge is -2.27. The van der Waals surface area contributed by atoms with Gasteiger partial charge in [0.15, 0.2) is 0 Å². The van der Waals surface area contributed by atoms with Crippen LogP contribution in [-0.4, -0.2) is 34.1 Å². The van der Waals surface area contributed by atoms with Gasteiger partial charge in [-0.2, -0.15) is 0 Å². The molecule has 1 amide bonds. The molecule has 1 aromatic heterocycles. The number of rotatable bonds is 9. The van der Waals surface area contributed by atoms with Crippen molar-refractivity contribution in [3.63, 3.8) is 0 Å². The summed E-state index contributed by atoms with van der Waals surface area (Å²) in [6.07, 6.45) is 1.43. The SMILES string of the molecule is CCOP(=O)(OCC)C(NC(=O)c1ccccc1)n1nncc1CCl. The lowest BCUT2D eigenvalue weighted by Crippen LogP contribution is -2.35. The molecule has 1 heterocycles. The highest BCUT2D eigenvalue weighted by Gasteiger charge is 2.40. The largest absolute Gasteiger partial charge is 0.375 e. The molecular formula is C15H20ClN4O4P. The van der Waals surface area contributed by atoms with Crippen LogP contribution < -0.4 is 5.32 Å². The van der Waals surface area contributed by atoms with Gasteiger partial charge < -0.3 is 14.4 Å². The number of nitrogens with zero attached hydrogens (tertiary/aromatic N) is 3. The van der Waals surface area contributed by atoms with E-state index in [9.17, 15) is 9.36 Å². The maximum atomic E-state index is 13.3. The Hall–Kier alpha value is -1.73. The van der Waals surface area contributed by atoms with E-state index in [4.69, 9.17) is 20.6 Å². The van der Waals surface area contributed by atoms with Gasteiger partial charge in [-0.3, -0.25) is 9.36 Å². The predicted octanol–water partition coefficient (Wildman–Crippen LogP) is 3.17. The van der Waals surface area contributed by atoms with Crippen molar-refractivity contribution in [2.24, 2.45) is 0 Å². The normalized spacial score (nSPS) is 12.8. The molecule has 0 radical (unpaired) electrons. The number of alkyl halides is 1. The Kier molecular flexibility index (Phi) is 7.13. The first-order valence-electron chi connectivity index (χ1n) is 7.75. The van der Waals surface area contributed by atoms with E-state index in [1.807, 2.05) is 0 Å². The molecule has 0 spiro atoms. The van der Waals surface area contributed by atoms with Gasteiger partial charge in [-0.05, 0) is 26.0 Å². The summed E-state index contributed by atoms with van der Waals surface area (Å²) in [7, 11) is -3.76. The summed E-state index contributed by atoms with van der Waals surface area (Å²) >= 11 is 5.89. The first-order valence-corrected chi connectivity index (χ1v) is 9.90. The van der Waals surface area contributed by atoms with Crippen molar-refractivity contribution in [2.45, 2.75) is 25.6 Å². The Morgan fingerprint density at radius 1 is 1.28 bits per heavy atom. The van der Waals surface area contributed by atoms with Crippen molar-refractivity contribution < 1.29 is 18.4 Å². The molecule has 0 saturated carbocycles. The molecular weight excluding hydrogens is 367 g/mol. The second kappa shape index (κ2) is 9.10. The Bertz CT molecular complexity index is 730. The monoisotopic (exact) mass is 386 g/mol. The molecule has 8 nitrogen and oxygen atoms in total. The summed E-state index contributed by atoms with van der Waals surface area (Å²) in [6, 6.07) is 8.54. The molecule has 25 heavy (non-hydrogen) atoms. The third-order valence-corrected chi connectivity index (χ3v) is 5.69. The molecule has 1 unspecified atom stereocenters. The van der Waals surface area contributed by atoms with Gasteiger partial charge in [0.2, 0.25) is 5.91 Å². The Labute approximate surface area is 151 Å². The topological polar surface area (TPSA) is 95.3 Å². The molecule has 1 N–H and O–H groups in total. The van der Waals surface area contributed by atoms with Crippen molar-refractivity contribution in [2.75, 3.05) is 13.2 Å². The fourth-order valence-corrected chi connectivity index (χ4v) is 4.18. The summed E-state index contributed by atoms with van der Waals surface area (Å²) in [5.74, 6) is -1.55. The molecule has 0 aliphatic rings. The zero-order valence-electron chi connectivity index (χ0n) is 14.0. The number of carbonyl (C=O) groups is 1. The molecule has 0 aliphatic heterocycles. The lowest BCUT2D eigenvalue weighted by atomic mass is 10.2. The fourth-order valence-electron chi connectivity index (χ4n) is 2.17. The summed E-state index contributed by atoms with van der Waals surface area (Å²) in [5, 5.41) is 10.3. The van der Waals surface area contributed by atoms with E-state index in [0.29, 0.717) is 11.3 Å². The third kappa shape index (κ3) is 4.67. The molecule has 0 saturated heterocycles. The van der Waals surface area contributed by atoms with Gasteiger partial charge in [-0.15, -0.1) is 16.7 Å². The Morgan fingerprint density at radius 3 is 2.48 bits per heavy atom. The Morgan fingerprint density at radius 2 is 1.92 bits per heavy atom. The van der Waals surface area contributed by atoms with Crippen LogP contribution in [0.15, 0.2) is 36.5 Å². The molecule has 0 bridgehead atoms. The van der Waals surface area contributed by atoms with Gasteiger partial charge in [0.05, 0.1) is 31.0 Å². The van der Waals surface area contributed by atoms with Gasteiger partial charge in [0.1, 0.15) is 0 Å². The van der Waals surface area contributed by atoms with E-state index in [1.54, 1.807) is 44.2 Å². The highest BCUT2D eigenvalue weighted by atomic mass is 35.5. The molecule has 10 heteroatoms. The first-order chi connectivity index (χ1) is 12.1. The highest BCUT2D eigenvalue weighted by molar-refractivity contribution is 7.53. The zero-order chi connectivity index (χ0) is 18.3. The number of benzene rings is 1. The van der Waals surface area contributed by atoms with Crippen molar-refractivity contribution in [1.29, 1.82) is 0 Å². The first kappa shape index (κ1) is 19.6. The minimum absolute atomic E-state index is 0.0724. The van der Waals surface area contributed by atoms with Crippen LogP contribution in [0.5, 0.6) is 0 Å². The average Bonchev–Trinajstić information content (AvgIpc) is 3.08. The third-order valence-electron chi connectivity index (χ3n) is 3.23. The maximum absolute atomic E-state index is 13.3. The summed E-state index contributed by atoms with van der Waals surface area (Å²) in [6.45, 7) is 3.65. The number of carbonyl (C=O) groups excluding carboxylic acids is 1. The van der Waals surface area contributed by atoms with E-state index in [1.165, 1.54) is 10.9 Å². The molecule has 1 aromatic carbocycles. The maximum Gasteiger partial charge on any atom is 0.375 e. The molecule has 1 atom stereocenters. The van der Waals surface area contributed by atoms with Crippen LogP contribution in [0.25, 0.3) is 0 Å². The molecule has 2 rings (SSSR count). The summed E-state index contributed by atoms with van der Waals surface area (Å²) in [5.41, 5.74) is 0.874. The lowest BCUT2D eigenvalue weighted by molar-refractivity contribution is 0.0917. The van der Waals surface area contributed by atoms with Crippen LogP contribution in [0.4, 0.5) is 0 Å². The van der Waals surface area contributed by atoms with E-state index < -0.39 is 19.4 Å². The number of hydrogen-bond acceptors (Lipinski definition) is 6. The standard InChI is InChI=1S/C15H20ClN4O4P/c1-3-23-25(22,24-4-2)15(20-13(10-16)11-17-19-20)18-14(21)12-8-6-5-7-9-12/h5-9,11,15H,3-4,10H2,1-2H3,(H,18,21). The van der Waals surface area contributed by atoms with Crippen LogP contribution in [-0.2, 0) is 19.5 Å². The van der Waals surface area contributed by atoms with Gasteiger partial charge >= 0.3 is 7.60 Å². The molecule has 0 fully saturated rings. The van der Waals surface area contributed by atoms with Crippen LogP contribution >= 0.6 is 19.2 Å². The Balaban J connectivity index is 2.41. The van der Waals surface area contributed by atoms with Crippen molar-refractivity contribution >= 4 is 25.1 Å². The van der Waals surface area contributed by atoms with Crippen LogP contribution in [0.2, 0.25) is 0 Å². The molecule has 0 aliphatic carbocycles. The number of hydrogen-bond donors (Lipinski definition) is 1. The summed E-state index contributed by atoms with van der Waals surface area (Å²) < 4.78 is 25.3. The molecule has 2 aromatic rings. The summed E-state index contributed by atoms with van der Waals surface area (Å²) in [4.78, 5) is 12.6. The quantitative estimate of drug-likeness (QED) is 0.525. The average molecular weight is 387 g/mol. The van der Waals surface area contributed by atoms with Gasteiger partial charge in [0, 0.05) is 5.56 Å². The smallest absolute Gasteiger partial charge is 0.320 e. The second-order valence-corrected chi connectivity index (χ2v) is 7.24. The van der Waals surface area contributed by atoms with Crippen molar-refractivity contribution in [3.8, 4) is 0 Å². The number of aromatic nitrogens is 3. The van der Waals surface area contributed by atoms with Gasteiger partial charge in [0.25, 0.3) is 5.91 Å². The predicted molar refractivity (Wildman–Crippen MR) is 93.4 cm³/mol. The van der Waals surface area contributed by atoms with Crippen molar-refractivity contribution in [1.82, 2.24) is 20.3 Å². The van der Waals surface area contributed by atoms with Crippen LogP contribution in [0, 0.1) is 0 Å². The van der Waals surface area contributed by atoms with Crippen LogP contribution in [0.1, 0.15) is 35.8 Å². The van der Waals surface area contributed by atoms with Crippen LogP contribution in [0.3, 0.4) is 0 Å². The van der Waals surface area contributed by atoms with E-state index >= 15 is 0 Å². The van der Waals surface area contributed by atoms with Gasteiger partial charge in [-0.25, -0.2) is 4.68 Å². The minimum atomic E-state index is -3.76. The van der Waals surface area contributed by atoms with E-state index in [-0.39, 0.29) is 19.1 Å². The number of amides is 1. The van der Waals surface area contributed by atoms with E-state index in [2.05, 4.69) is 15.6 Å². The minimum Gasteiger partial charge on any atom is -0.320 e. The molecule has 136 valence electrons. The van der Waals surface area contributed by atoms with E-state index in [0.717, 1.165) is 0 Å².